The Morgan fingerprint density at radius 2 is 1.84 bits per heavy atom. The number of ether oxygens (including phenoxy) is 2. The molecule has 3 rings (SSSR count). The van der Waals surface area contributed by atoms with E-state index in [0.29, 0.717) is 36.0 Å². The van der Waals surface area contributed by atoms with E-state index in [2.05, 4.69) is 5.32 Å². The summed E-state index contributed by atoms with van der Waals surface area (Å²) in [6.45, 7) is 4.78. The Hall–Kier alpha value is -3.07. The second-order valence-electron chi connectivity index (χ2n) is 7.54. The summed E-state index contributed by atoms with van der Waals surface area (Å²) in [6, 6.07) is 11.3. The second-order valence-corrected chi connectivity index (χ2v) is 9.80. The largest absolute Gasteiger partial charge is 0.494 e. The highest BCUT2D eigenvalue weighted by atomic mass is 32.2. The number of hydrogen-bond acceptors (Lipinski definition) is 6. The molecule has 0 bridgehead atoms. The minimum absolute atomic E-state index is 0.0144. The van der Waals surface area contributed by atoms with Crippen LogP contribution in [-0.2, 0) is 21.2 Å². The number of carbonyl (C=O) groups is 2. The molecule has 0 aliphatic carbocycles. The average Bonchev–Trinajstić information content (AvgIpc) is 3.06. The minimum Gasteiger partial charge on any atom is -0.494 e. The van der Waals surface area contributed by atoms with E-state index in [0.717, 1.165) is 11.8 Å². The van der Waals surface area contributed by atoms with E-state index >= 15 is 0 Å². The van der Waals surface area contributed by atoms with Crippen LogP contribution in [0.5, 0.6) is 11.5 Å². The van der Waals surface area contributed by atoms with Crippen molar-refractivity contribution in [1.29, 1.82) is 0 Å². The molecule has 1 unspecified atom stereocenters. The molecule has 0 spiro atoms. The van der Waals surface area contributed by atoms with Crippen molar-refractivity contribution in [2.45, 2.75) is 32.9 Å². The third-order valence-corrected chi connectivity index (χ3v) is 6.09. The lowest BCUT2D eigenvalue weighted by atomic mass is 10.1. The summed E-state index contributed by atoms with van der Waals surface area (Å²) < 4.78 is 34.8. The summed E-state index contributed by atoms with van der Waals surface area (Å²) in [5, 5.41) is 2.82. The van der Waals surface area contributed by atoms with Gasteiger partial charge in [0.25, 0.3) is 5.91 Å². The molecule has 172 valence electrons. The summed E-state index contributed by atoms with van der Waals surface area (Å²) in [6.07, 6.45) is 1.10. The maximum absolute atomic E-state index is 13.3. The van der Waals surface area contributed by atoms with Gasteiger partial charge in [-0.15, -0.1) is 0 Å². The van der Waals surface area contributed by atoms with E-state index in [1.54, 1.807) is 30.3 Å². The predicted molar refractivity (Wildman–Crippen MR) is 122 cm³/mol. The molecule has 2 amide bonds. The van der Waals surface area contributed by atoms with E-state index in [-0.39, 0.29) is 24.6 Å². The Balaban J connectivity index is 1.89. The fourth-order valence-electron chi connectivity index (χ4n) is 3.64. The van der Waals surface area contributed by atoms with Crippen LogP contribution in [-0.4, -0.2) is 56.4 Å². The van der Waals surface area contributed by atoms with Crippen LogP contribution in [0.25, 0.3) is 0 Å². The van der Waals surface area contributed by atoms with Gasteiger partial charge in [-0.3, -0.25) is 9.59 Å². The fourth-order valence-corrected chi connectivity index (χ4v) is 4.29. The second kappa shape index (κ2) is 10.0. The number of sulfone groups is 1. The molecular formula is C23H28N2O6S. The first-order chi connectivity index (χ1) is 15.2. The van der Waals surface area contributed by atoms with Crippen molar-refractivity contribution in [1.82, 2.24) is 4.90 Å². The van der Waals surface area contributed by atoms with Crippen molar-refractivity contribution in [3.8, 4) is 11.5 Å². The Morgan fingerprint density at radius 3 is 2.50 bits per heavy atom. The summed E-state index contributed by atoms with van der Waals surface area (Å²) in [5.74, 6) is 0.0280. The predicted octanol–water partition coefficient (Wildman–Crippen LogP) is 2.88. The van der Waals surface area contributed by atoms with Gasteiger partial charge in [-0.1, -0.05) is 18.2 Å². The molecule has 0 aromatic heterocycles. The monoisotopic (exact) mass is 460 g/mol. The van der Waals surface area contributed by atoms with Crippen molar-refractivity contribution in [2.24, 2.45) is 0 Å². The van der Waals surface area contributed by atoms with Crippen LogP contribution in [0.1, 0.15) is 36.2 Å². The van der Waals surface area contributed by atoms with Crippen LogP contribution in [0.4, 0.5) is 5.69 Å². The lowest BCUT2D eigenvalue weighted by Crippen LogP contribution is -2.45. The highest BCUT2D eigenvalue weighted by Gasteiger charge is 2.36. The SMILES string of the molecule is CCOc1ccc(OCC)c(NC(=O)C(CCS(C)(=O)=O)N2Cc3ccccc3C2=O)c1. The summed E-state index contributed by atoms with van der Waals surface area (Å²) in [5.41, 5.74) is 1.73. The smallest absolute Gasteiger partial charge is 0.255 e. The molecule has 9 heteroatoms. The number of fused-ring (bicyclic) bond motifs is 1. The lowest BCUT2D eigenvalue weighted by molar-refractivity contribution is -0.120. The number of carbonyl (C=O) groups excluding carboxylic acids is 2. The van der Waals surface area contributed by atoms with Gasteiger partial charge in [-0.25, -0.2) is 8.42 Å². The van der Waals surface area contributed by atoms with Gasteiger partial charge in [0.15, 0.2) is 0 Å². The van der Waals surface area contributed by atoms with Gasteiger partial charge in [0.2, 0.25) is 5.91 Å². The molecule has 1 heterocycles. The Bertz CT molecular complexity index is 1100. The van der Waals surface area contributed by atoms with Gasteiger partial charge in [0.1, 0.15) is 27.4 Å². The van der Waals surface area contributed by atoms with Gasteiger partial charge in [0.05, 0.1) is 24.7 Å². The van der Waals surface area contributed by atoms with Crippen LogP contribution in [0.2, 0.25) is 0 Å². The molecule has 1 aliphatic heterocycles. The third-order valence-electron chi connectivity index (χ3n) is 5.11. The van der Waals surface area contributed by atoms with Crippen molar-refractivity contribution >= 4 is 27.3 Å². The van der Waals surface area contributed by atoms with Crippen LogP contribution < -0.4 is 14.8 Å². The maximum atomic E-state index is 13.3. The van der Waals surface area contributed by atoms with E-state index in [1.165, 1.54) is 4.90 Å². The zero-order chi connectivity index (χ0) is 23.3. The lowest BCUT2D eigenvalue weighted by Gasteiger charge is -2.27. The highest BCUT2D eigenvalue weighted by Crippen LogP contribution is 2.31. The molecule has 2 aromatic rings. The standard InChI is InChI=1S/C23H28N2O6S/c1-4-30-17-10-11-21(31-5-2)19(14-17)24-22(26)20(12-13-32(3,28)29)25-15-16-8-6-7-9-18(16)23(25)27/h6-11,14,20H,4-5,12-13,15H2,1-3H3,(H,24,26). The maximum Gasteiger partial charge on any atom is 0.255 e. The van der Waals surface area contributed by atoms with Gasteiger partial charge in [-0.05, 0) is 44.0 Å². The van der Waals surface area contributed by atoms with E-state index in [4.69, 9.17) is 9.47 Å². The molecule has 1 atom stereocenters. The zero-order valence-electron chi connectivity index (χ0n) is 18.5. The van der Waals surface area contributed by atoms with Crippen LogP contribution >= 0.6 is 0 Å². The summed E-state index contributed by atoms with van der Waals surface area (Å²) in [7, 11) is -3.33. The molecule has 0 radical (unpaired) electrons. The summed E-state index contributed by atoms with van der Waals surface area (Å²) in [4.78, 5) is 27.8. The molecule has 2 aromatic carbocycles. The Kier molecular flexibility index (Phi) is 7.40. The fraction of sp³-hybridized carbons (Fsp3) is 0.391. The van der Waals surface area contributed by atoms with E-state index < -0.39 is 21.8 Å². The molecular weight excluding hydrogens is 432 g/mol. The molecule has 32 heavy (non-hydrogen) atoms. The number of nitrogens with zero attached hydrogens (tertiary/aromatic N) is 1. The molecule has 1 N–H and O–H groups in total. The van der Waals surface area contributed by atoms with Crippen LogP contribution in [0.15, 0.2) is 42.5 Å². The van der Waals surface area contributed by atoms with Gasteiger partial charge >= 0.3 is 0 Å². The van der Waals surface area contributed by atoms with Crippen LogP contribution in [0.3, 0.4) is 0 Å². The third kappa shape index (κ3) is 5.59. The first-order valence-corrected chi connectivity index (χ1v) is 12.6. The molecule has 0 saturated carbocycles. The van der Waals surface area contributed by atoms with Crippen molar-refractivity contribution in [3.63, 3.8) is 0 Å². The number of amides is 2. The Labute approximate surface area is 188 Å². The van der Waals surface area contributed by atoms with Crippen molar-refractivity contribution in [3.05, 3.63) is 53.6 Å². The molecule has 8 nitrogen and oxygen atoms in total. The topological polar surface area (TPSA) is 102 Å². The van der Waals surface area contributed by atoms with E-state index in [1.807, 2.05) is 26.0 Å². The van der Waals surface area contributed by atoms with Gasteiger partial charge in [-0.2, -0.15) is 0 Å². The number of rotatable bonds is 10. The minimum atomic E-state index is -3.33. The zero-order valence-corrected chi connectivity index (χ0v) is 19.3. The quantitative estimate of drug-likeness (QED) is 0.585. The first-order valence-electron chi connectivity index (χ1n) is 10.5. The van der Waals surface area contributed by atoms with Gasteiger partial charge < -0.3 is 19.7 Å². The summed E-state index contributed by atoms with van der Waals surface area (Å²) >= 11 is 0. The van der Waals surface area contributed by atoms with Crippen molar-refractivity contribution in [2.75, 3.05) is 30.5 Å². The highest BCUT2D eigenvalue weighted by molar-refractivity contribution is 7.90. The Morgan fingerprint density at radius 1 is 1.12 bits per heavy atom. The number of nitrogens with one attached hydrogen (secondary N) is 1. The van der Waals surface area contributed by atoms with Crippen LogP contribution in [0, 0.1) is 0 Å². The van der Waals surface area contributed by atoms with Crippen molar-refractivity contribution < 1.29 is 27.5 Å². The number of hydrogen-bond donors (Lipinski definition) is 1. The normalized spacial score (nSPS) is 14.1. The molecule has 1 aliphatic rings. The first kappa shape index (κ1) is 23.6. The van der Waals surface area contributed by atoms with E-state index in [9.17, 15) is 18.0 Å². The number of benzene rings is 2. The van der Waals surface area contributed by atoms with Gasteiger partial charge in [0, 0.05) is 24.4 Å². The average molecular weight is 461 g/mol. The number of anilines is 1. The molecule has 0 saturated heterocycles. The molecule has 0 fully saturated rings.